The number of quaternary nitrogens is 1. The number of carbonyl (C=O) groups excluding carboxylic acids is 1. The third-order valence-electron chi connectivity index (χ3n) is 14.1. The van der Waals surface area contributed by atoms with Crippen molar-refractivity contribution in [2.24, 2.45) is 0 Å². The number of hydrogen-bond donors (Lipinski definition) is 3. The first kappa shape index (κ1) is 73.7. The molecule has 3 unspecified atom stereocenters. The average molecular weight is 1080 g/mol. The number of phosphoric acid groups is 1. The van der Waals surface area contributed by atoms with E-state index < -0.39 is 20.0 Å². The zero-order chi connectivity index (χ0) is 55.6. The van der Waals surface area contributed by atoms with Gasteiger partial charge in [0.1, 0.15) is 13.2 Å². The highest BCUT2D eigenvalue weighted by molar-refractivity contribution is 7.47. The maximum absolute atomic E-state index is 13.0. The van der Waals surface area contributed by atoms with Crippen LogP contribution in [0.2, 0.25) is 0 Å². The molecule has 0 aromatic rings. The number of aliphatic hydroxyl groups is 1. The molecule has 0 heterocycles. The first-order valence-corrected chi connectivity index (χ1v) is 33.5. The Labute approximate surface area is 471 Å². The molecule has 442 valence electrons. The molecule has 0 fully saturated rings. The van der Waals surface area contributed by atoms with Gasteiger partial charge in [-0.2, -0.15) is 0 Å². The fraction of sp³-hybridized carbons (Fsp3) is 0.776. The third kappa shape index (κ3) is 59.3. The number of likely N-dealkylation sites (N-methyl/N-ethyl adjacent to an activating group) is 1. The number of hydrogen-bond acceptors (Lipinski definition) is 5. The van der Waals surface area contributed by atoms with Gasteiger partial charge in [-0.15, -0.1) is 0 Å². The molecule has 0 bridgehead atoms. The Hall–Kier alpha value is -2.32. The molecule has 9 heteroatoms. The van der Waals surface area contributed by atoms with Crippen molar-refractivity contribution in [2.45, 2.75) is 296 Å². The Morgan fingerprint density at radius 2 is 0.803 bits per heavy atom. The van der Waals surface area contributed by atoms with E-state index >= 15 is 0 Å². The van der Waals surface area contributed by atoms with E-state index in [1.54, 1.807) is 6.08 Å². The molecule has 1 amide bonds. The third-order valence-corrected chi connectivity index (χ3v) is 15.1. The Balaban J connectivity index is 4.19. The van der Waals surface area contributed by atoms with Gasteiger partial charge in [-0.1, -0.05) is 279 Å². The fourth-order valence-corrected chi connectivity index (χ4v) is 9.86. The predicted octanol–water partition coefficient (Wildman–Crippen LogP) is 20.0. The molecule has 0 aliphatic rings. The molecule has 0 spiro atoms. The Bertz CT molecular complexity index is 1510. The Morgan fingerprint density at radius 1 is 0.461 bits per heavy atom. The van der Waals surface area contributed by atoms with Crippen LogP contribution in [0, 0.1) is 0 Å². The van der Waals surface area contributed by atoms with E-state index in [1.165, 1.54) is 193 Å². The minimum absolute atomic E-state index is 0.0513. The molecular weight excluding hydrogens is 960 g/mol. The predicted molar refractivity (Wildman–Crippen MR) is 332 cm³/mol. The highest BCUT2D eigenvalue weighted by Crippen LogP contribution is 2.43. The van der Waals surface area contributed by atoms with Gasteiger partial charge in [0, 0.05) is 6.42 Å². The summed E-state index contributed by atoms with van der Waals surface area (Å²) in [5.74, 6) is -0.190. The number of amides is 1. The molecule has 0 aliphatic carbocycles. The highest BCUT2D eigenvalue weighted by atomic mass is 31.2. The van der Waals surface area contributed by atoms with Crippen LogP contribution < -0.4 is 5.32 Å². The lowest BCUT2D eigenvalue weighted by Crippen LogP contribution is -2.45. The van der Waals surface area contributed by atoms with E-state index in [9.17, 15) is 19.4 Å². The van der Waals surface area contributed by atoms with Crippen molar-refractivity contribution in [3.8, 4) is 0 Å². The van der Waals surface area contributed by atoms with Crippen molar-refractivity contribution in [3.05, 3.63) is 85.1 Å². The molecule has 0 saturated heterocycles. The molecule has 3 atom stereocenters. The van der Waals surface area contributed by atoms with Crippen molar-refractivity contribution in [3.63, 3.8) is 0 Å². The number of allylic oxidation sites excluding steroid dienone is 13. The van der Waals surface area contributed by atoms with Crippen molar-refractivity contribution < 1.29 is 32.9 Å². The van der Waals surface area contributed by atoms with Crippen molar-refractivity contribution in [2.75, 3.05) is 40.9 Å². The lowest BCUT2D eigenvalue weighted by atomic mass is 10.0. The van der Waals surface area contributed by atoms with Crippen molar-refractivity contribution in [1.82, 2.24) is 5.32 Å². The van der Waals surface area contributed by atoms with Crippen LogP contribution in [-0.2, 0) is 18.4 Å². The van der Waals surface area contributed by atoms with Gasteiger partial charge in [-0.25, -0.2) is 4.57 Å². The van der Waals surface area contributed by atoms with Crippen LogP contribution in [0.15, 0.2) is 85.1 Å². The van der Waals surface area contributed by atoms with Gasteiger partial charge >= 0.3 is 7.82 Å². The largest absolute Gasteiger partial charge is 0.472 e. The van der Waals surface area contributed by atoms with E-state index in [4.69, 9.17) is 9.05 Å². The van der Waals surface area contributed by atoms with Crippen LogP contribution in [0.25, 0.3) is 0 Å². The van der Waals surface area contributed by atoms with Crippen LogP contribution >= 0.6 is 7.82 Å². The molecule has 76 heavy (non-hydrogen) atoms. The lowest BCUT2D eigenvalue weighted by molar-refractivity contribution is -0.870. The summed E-state index contributed by atoms with van der Waals surface area (Å²) in [4.78, 5) is 23.4. The molecular formula is C67H124N2O6P+. The molecule has 8 nitrogen and oxygen atoms in total. The number of carbonyl (C=O) groups is 1. The van der Waals surface area contributed by atoms with Crippen LogP contribution in [0.1, 0.15) is 284 Å². The zero-order valence-corrected chi connectivity index (χ0v) is 51.4. The maximum atomic E-state index is 13.0. The second kappa shape index (κ2) is 57.4. The molecule has 0 radical (unpaired) electrons. The van der Waals surface area contributed by atoms with E-state index in [0.29, 0.717) is 17.4 Å². The summed E-state index contributed by atoms with van der Waals surface area (Å²) in [6, 6.07) is -0.875. The van der Waals surface area contributed by atoms with Gasteiger partial charge in [0.2, 0.25) is 5.91 Å². The fourth-order valence-electron chi connectivity index (χ4n) is 9.13. The number of nitrogens with zero attached hydrogens (tertiary/aromatic N) is 1. The summed E-state index contributed by atoms with van der Waals surface area (Å²) in [5.41, 5.74) is 0. The minimum atomic E-state index is -4.37. The van der Waals surface area contributed by atoms with Gasteiger partial charge < -0.3 is 19.8 Å². The zero-order valence-electron chi connectivity index (χ0n) is 50.5. The normalized spacial score (nSPS) is 14.4. The van der Waals surface area contributed by atoms with E-state index in [1.807, 2.05) is 27.2 Å². The molecule has 0 rings (SSSR count). The molecule has 3 N–H and O–H groups in total. The van der Waals surface area contributed by atoms with Gasteiger partial charge in [0.15, 0.2) is 0 Å². The van der Waals surface area contributed by atoms with Crippen LogP contribution in [0.3, 0.4) is 0 Å². The first-order valence-electron chi connectivity index (χ1n) is 32.0. The number of nitrogens with one attached hydrogen (secondary N) is 1. The van der Waals surface area contributed by atoms with Gasteiger partial charge in [0.25, 0.3) is 0 Å². The van der Waals surface area contributed by atoms with Crippen LogP contribution in [0.5, 0.6) is 0 Å². The summed E-state index contributed by atoms with van der Waals surface area (Å²) in [6.45, 7) is 4.70. The summed E-state index contributed by atoms with van der Waals surface area (Å²) in [7, 11) is 1.55. The lowest BCUT2D eigenvalue weighted by Gasteiger charge is -2.25. The quantitative estimate of drug-likeness (QED) is 0.0243. The summed E-state index contributed by atoms with van der Waals surface area (Å²) < 4.78 is 23.7. The second-order valence-electron chi connectivity index (χ2n) is 22.7. The van der Waals surface area contributed by atoms with E-state index in [0.717, 1.165) is 70.6 Å². The van der Waals surface area contributed by atoms with Gasteiger partial charge in [-0.3, -0.25) is 13.8 Å². The van der Waals surface area contributed by atoms with Crippen LogP contribution in [-0.4, -0.2) is 73.4 Å². The number of rotatable bonds is 58. The molecule has 0 aliphatic heterocycles. The maximum Gasteiger partial charge on any atom is 0.472 e. The minimum Gasteiger partial charge on any atom is -0.387 e. The average Bonchev–Trinajstić information content (AvgIpc) is 3.38. The Morgan fingerprint density at radius 3 is 1.21 bits per heavy atom. The smallest absolute Gasteiger partial charge is 0.387 e. The van der Waals surface area contributed by atoms with Crippen LogP contribution in [0.4, 0.5) is 0 Å². The number of phosphoric ester groups is 1. The number of aliphatic hydroxyl groups excluding tert-OH is 1. The van der Waals surface area contributed by atoms with Crippen molar-refractivity contribution in [1.29, 1.82) is 0 Å². The van der Waals surface area contributed by atoms with Crippen molar-refractivity contribution >= 4 is 13.7 Å². The first-order chi connectivity index (χ1) is 37.0. The second-order valence-corrected chi connectivity index (χ2v) is 24.2. The Kier molecular flexibility index (Phi) is 55.6. The van der Waals surface area contributed by atoms with Gasteiger partial charge in [-0.05, 0) is 83.5 Å². The van der Waals surface area contributed by atoms with E-state index in [-0.39, 0.29) is 19.1 Å². The number of unbranched alkanes of at least 4 members (excludes halogenated alkanes) is 33. The molecule has 0 aromatic heterocycles. The summed E-state index contributed by atoms with van der Waals surface area (Å²) in [6.07, 6.45) is 81.4. The SMILES string of the molecule is CC/C=C\C/C=C\C/C=C\C/C=C\CCCCCCCCCCCCCCCCCCC(=O)NC(COP(=O)(O)OCC[N+](C)(C)C)C(O)/C=C/CC/C=C/CC/C=C/CCCCCCCCCCCCCCCCC. The van der Waals surface area contributed by atoms with E-state index in [2.05, 4.69) is 92.1 Å². The topological polar surface area (TPSA) is 105 Å². The summed E-state index contributed by atoms with van der Waals surface area (Å²) in [5, 5.41) is 14.0. The standard InChI is InChI=1S/C67H123N2O6P/c1-6-8-10-12-14-16-18-20-22-24-26-28-30-32-33-34-35-37-39-41-43-45-47-49-51-53-55-57-59-61-67(71)68-65(64-75-76(72,73)74-63-62-69(3,4)5)66(70)60-58-56-54-52-50-48-46-44-42-40-38-36-31-29-27-25-23-21-19-17-15-13-11-9-7-2/h8,10,14,16,20,22,26,28,42,44,50,52,58,60,65-66,70H,6-7,9,11-13,15,17-19,21,23-25,27,29-41,43,45-49,51,53-57,59,61-64H2,1-5H3,(H-,68,71,72,73)/p+1/b10-8-,16-14-,22-20-,28-26-,44-42+,52-50+,60-58+. The molecule has 0 saturated carbocycles. The molecule has 0 aromatic carbocycles. The van der Waals surface area contributed by atoms with Gasteiger partial charge in [0.05, 0.1) is 39.9 Å². The monoisotopic (exact) mass is 1080 g/mol. The highest BCUT2D eigenvalue weighted by Gasteiger charge is 2.27. The summed E-state index contributed by atoms with van der Waals surface area (Å²) >= 11 is 0.